The largest absolute Gasteiger partial charge is 0.497 e. The maximum atomic E-state index is 15.3. The molecule has 0 amide bonds. The minimum atomic E-state index is -3.63. The van der Waals surface area contributed by atoms with Crippen molar-refractivity contribution in [2.75, 3.05) is 14.2 Å². The molecule has 3 aromatic carbocycles. The molecule has 0 saturated heterocycles. The molecule has 0 spiro atoms. The lowest BCUT2D eigenvalue weighted by Gasteiger charge is -2.42. The monoisotopic (exact) mass is 568 g/mol. The number of Topliss-reactive ketones (excluding diaryl/α,β-unsaturated/α-hetero) is 1. The Labute approximate surface area is 238 Å². The highest BCUT2D eigenvalue weighted by Gasteiger charge is 2.48. The van der Waals surface area contributed by atoms with Gasteiger partial charge in [0.1, 0.15) is 29.4 Å². The number of rotatable bonds is 6. The summed E-state index contributed by atoms with van der Waals surface area (Å²) in [4.78, 5) is 17.6. The van der Waals surface area contributed by atoms with Gasteiger partial charge in [0.25, 0.3) is 0 Å². The molecule has 0 radical (unpaired) electrons. The van der Waals surface area contributed by atoms with Gasteiger partial charge in [0.2, 0.25) is 13.2 Å². The first kappa shape index (κ1) is 26.7. The number of nitrogens with zero attached hydrogens (tertiary/aromatic N) is 3. The van der Waals surface area contributed by atoms with Gasteiger partial charge in [0, 0.05) is 28.4 Å². The molecule has 9 nitrogen and oxygen atoms in total. The topological polar surface area (TPSA) is 102 Å². The maximum Gasteiger partial charge on any atom is 0.243 e. The number of methoxy groups -OCH3 is 2. The van der Waals surface area contributed by atoms with Crippen molar-refractivity contribution in [3.63, 3.8) is 0 Å². The van der Waals surface area contributed by atoms with Crippen LogP contribution in [0.2, 0.25) is 0 Å². The van der Waals surface area contributed by atoms with Crippen LogP contribution in [-0.2, 0) is 14.1 Å². The van der Waals surface area contributed by atoms with E-state index >= 15 is 4.57 Å². The minimum Gasteiger partial charge on any atom is -0.497 e. The normalized spacial score (nSPS) is 23.3. The summed E-state index contributed by atoms with van der Waals surface area (Å²) < 4.78 is 37.5. The predicted octanol–water partition coefficient (Wildman–Crippen LogP) is 5.46. The third-order valence-electron chi connectivity index (χ3n) is 7.42. The van der Waals surface area contributed by atoms with Crippen molar-refractivity contribution < 1.29 is 23.6 Å². The van der Waals surface area contributed by atoms with Crippen LogP contribution in [0.15, 0.2) is 111 Å². The number of ketones is 1. The molecule has 0 aromatic heterocycles. The quantitative estimate of drug-likeness (QED) is 0.395. The second-order valence-electron chi connectivity index (χ2n) is 9.83. The summed E-state index contributed by atoms with van der Waals surface area (Å²) in [5, 5.41) is 2.22. The number of hydrogen-bond acceptors (Lipinski definition) is 8. The molecule has 6 rings (SSSR count). The van der Waals surface area contributed by atoms with E-state index in [2.05, 4.69) is 10.4 Å². The van der Waals surface area contributed by atoms with E-state index in [1.807, 2.05) is 66.7 Å². The van der Waals surface area contributed by atoms with E-state index in [-0.39, 0.29) is 5.78 Å². The van der Waals surface area contributed by atoms with Crippen LogP contribution in [-0.4, -0.2) is 37.2 Å². The molecule has 41 heavy (non-hydrogen) atoms. The Morgan fingerprint density at radius 3 is 2.37 bits per heavy atom. The zero-order valence-corrected chi connectivity index (χ0v) is 24.0. The first-order valence-electron chi connectivity index (χ1n) is 13.1. The molecule has 3 unspecified atom stereocenters. The fraction of sp³-hybridized carbons (Fsp3) is 0.194. The van der Waals surface area contributed by atoms with E-state index in [9.17, 15) is 4.79 Å². The van der Waals surface area contributed by atoms with E-state index in [1.54, 1.807) is 44.6 Å². The molecule has 0 bridgehead atoms. The lowest BCUT2D eigenvalue weighted by molar-refractivity contribution is -0.114. The molecule has 3 heterocycles. The van der Waals surface area contributed by atoms with Crippen molar-refractivity contribution in [1.82, 2.24) is 10.4 Å². The zero-order chi connectivity index (χ0) is 28.7. The third kappa shape index (κ3) is 4.47. The van der Waals surface area contributed by atoms with E-state index in [0.717, 1.165) is 5.56 Å². The van der Waals surface area contributed by atoms with Crippen molar-refractivity contribution in [3.05, 3.63) is 113 Å². The van der Waals surface area contributed by atoms with Crippen molar-refractivity contribution in [3.8, 4) is 11.5 Å². The molecule has 3 aliphatic heterocycles. The summed E-state index contributed by atoms with van der Waals surface area (Å²) in [6.07, 6.45) is 1.56. The number of benzene rings is 3. The second-order valence-corrected chi connectivity index (χ2v) is 12.3. The van der Waals surface area contributed by atoms with E-state index < -0.39 is 19.0 Å². The molecule has 0 aliphatic carbocycles. The Morgan fingerprint density at radius 1 is 1.00 bits per heavy atom. The molecule has 0 fully saturated rings. The highest BCUT2D eigenvalue weighted by molar-refractivity contribution is 7.70. The molecule has 10 heteroatoms. The van der Waals surface area contributed by atoms with Crippen LogP contribution >= 0.6 is 7.29 Å². The summed E-state index contributed by atoms with van der Waals surface area (Å²) in [5.41, 5.74) is 6.01. The van der Waals surface area contributed by atoms with E-state index in [4.69, 9.17) is 19.0 Å². The first-order chi connectivity index (χ1) is 19.9. The van der Waals surface area contributed by atoms with Crippen LogP contribution in [0.3, 0.4) is 0 Å². The summed E-state index contributed by atoms with van der Waals surface area (Å²) in [6.45, 7) is 3.29. The Bertz CT molecular complexity index is 1700. The van der Waals surface area contributed by atoms with Gasteiger partial charge in [-0.3, -0.25) is 9.36 Å². The van der Waals surface area contributed by atoms with Gasteiger partial charge in [-0.2, -0.15) is 0 Å². The SMILES string of the molecule is COc1ccc(C2NN3C=NC4=C(C3=NP2(=O)c2ccccc2)C(c2ccccc2)C(C(C)=O)=C(C)O4)c(OC)c1. The number of carbonyl (C=O) groups excluding carboxylic acids is 1. The number of carbonyl (C=O) groups is 1. The number of hydrazine groups is 1. The molecule has 3 atom stereocenters. The fourth-order valence-corrected chi connectivity index (χ4v) is 8.01. The van der Waals surface area contributed by atoms with Crippen molar-refractivity contribution >= 4 is 30.6 Å². The summed E-state index contributed by atoms with van der Waals surface area (Å²) in [7, 11) is -0.491. The summed E-state index contributed by atoms with van der Waals surface area (Å²) in [6, 6.07) is 24.2. The fourth-order valence-electron chi connectivity index (χ4n) is 5.53. The highest BCUT2D eigenvalue weighted by Crippen LogP contribution is 2.62. The number of nitrogens with one attached hydrogen (secondary N) is 1. The molecule has 3 aliphatic rings. The number of fused-ring (bicyclic) bond motifs is 2. The number of amidine groups is 1. The molecule has 3 aromatic rings. The predicted molar refractivity (Wildman–Crippen MR) is 158 cm³/mol. The molecule has 1 N–H and O–H groups in total. The summed E-state index contributed by atoms with van der Waals surface area (Å²) in [5.74, 6) is 0.864. The van der Waals surface area contributed by atoms with Crippen LogP contribution in [0.1, 0.15) is 36.7 Å². The van der Waals surface area contributed by atoms with Gasteiger partial charge in [-0.1, -0.05) is 48.5 Å². The van der Waals surface area contributed by atoms with Crippen molar-refractivity contribution in [1.29, 1.82) is 0 Å². The van der Waals surface area contributed by atoms with Gasteiger partial charge in [-0.25, -0.2) is 20.2 Å². The lowest BCUT2D eigenvalue weighted by Crippen LogP contribution is -2.51. The standard InChI is InChI=1S/C31H29N4O5P/c1-19(36)26-20(2)40-30-28(27(26)21-11-7-5-8-12-21)29-34-41(37,23-13-9-6-10-14-23)31(33-35(29)18-32-30)24-16-15-22(38-3)17-25(24)39-4/h5-18,27,31,33H,1-4H3. The number of aliphatic imine (C=N–C) groups is 1. The Balaban J connectivity index is 1.58. The van der Waals surface area contributed by atoms with Gasteiger partial charge in [0.15, 0.2) is 11.6 Å². The zero-order valence-electron chi connectivity index (χ0n) is 23.1. The van der Waals surface area contributed by atoms with Crippen LogP contribution in [0.5, 0.6) is 11.5 Å². The van der Waals surface area contributed by atoms with Gasteiger partial charge in [0.05, 0.1) is 19.8 Å². The van der Waals surface area contributed by atoms with Crippen LogP contribution in [0, 0.1) is 0 Å². The van der Waals surface area contributed by atoms with Crippen LogP contribution in [0.4, 0.5) is 0 Å². The Morgan fingerprint density at radius 2 is 1.71 bits per heavy atom. The third-order valence-corrected chi connectivity index (χ3v) is 10.0. The smallest absolute Gasteiger partial charge is 0.243 e. The van der Waals surface area contributed by atoms with Gasteiger partial charge >= 0.3 is 0 Å². The first-order valence-corrected chi connectivity index (χ1v) is 14.8. The number of hydrogen-bond donors (Lipinski definition) is 1. The molecular formula is C31H29N4O5P. The number of ether oxygens (including phenoxy) is 3. The van der Waals surface area contributed by atoms with Crippen molar-refractivity contribution in [2.45, 2.75) is 25.5 Å². The molecule has 208 valence electrons. The molecular weight excluding hydrogens is 539 g/mol. The summed E-state index contributed by atoms with van der Waals surface area (Å²) >= 11 is 0. The van der Waals surface area contributed by atoms with Gasteiger partial charge in [-0.15, -0.1) is 0 Å². The Hall–Kier alpha value is -4.46. The number of allylic oxidation sites excluding steroid dienone is 2. The highest BCUT2D eigenvalue weighted by atomic mass is 31.2. The lowest BCUT2D eigenvalue weighted by atomic mass is 9.80. The average Bonchev–Trinajstić information content (AvgIpc) is 3.00. The second kappa shape index (κ2) is 10.5. The van der Waals surface area contributed by atoms with Gasteiger partial charge < -0.3 is 14.2 Å². The van der Waals surface area contributed by atoms with E-state index in [0.29, 0.717) is 51.0 Å². The van der Waals surface area contributed by atoms with Crippen molar-refractivity contribution in [2.24, 2.45) is 9.76 Å². The van der Waals surface area contributed by atoms with E-state index in [1.165, 1.54) is 6.92 Å². The maximum absolute atomic E-state index is 15.3. The van der Waals surface area contributed by atoms with Crippen LogP contribution < -0.4 is 20.2 Å². The minimum absolute atomic E-state index is 0.125. The molecule has 0 saturated carbocycles. The van der Waals surface area contributed by atoms with Gasteiger partial charge in [-0.05, 0) is 43.7 Å². The Kier molecular flexibility index (Phi) is 6.85. The average molecular weight is 569 g/mol. The van der Waals surface area contributed by atoms with Crippen LogP contribution in [0.25, 0.3) is 0 Å².